The number of benzene rings is 9. The Morgan fingerprint density at radius 2 is 0.844 bits per heavy atom. The highest BCUT2D eigenvalue weighted by Gasteiger charge is 2.35. The van der Waals surface area contributed by atoms with Crippen LogP contribution in [0.15, 0.2) is 218 Å². The van der Waals surface area contributed by atoms with Crippen LogP contribution in [0.1, 0.15) is 25.0 Å². The smallest absolute Gasteiger partial charge is 0.160 e. The summed E-state index contributed by atoms with van der Waals surface area (Å²) in [4.78, 5) is 10.6. The molecule has 302 valence electrons. The third-order valence-corrected chi connectivity index (χ3v) is 14.3. The van der Waals surface area contributed by atoms with Crippen LogP contribution in [0.4, 0.5) is 0 Å². The molecule has 12 rings (SSSR count). The quantitative estimate of drug-likeness (QED) is 0.160. The molecule has 0 fully saturated rings. The Hall–Kier alpha value is -7.72. The van der Waals surface area contributed by atoms with Crippen molar-refractivity contribution in [1.82, 2.24) is 9.97 Å². The number of hydrogen-bond donors (Lipinski definition) is 0. The summed E-state index contributed by atoms with van der Waals surface area (Å²) >= 11 is 1.86. The lowest BCUT2D eigenvalue weighted by Gasteiger charge is -2.22. The van der Waals surface area contributed by atoms with Crippen LogP contribution >= 0.6 is 11.3 Å². The van der Waals surface area contributed by atoms with Crippen LogP contribution in [0.5, 0.6) is 0 Å². The van der Waals surface area contributed by atoms with Gasteiger partial charge in [0, 0.05) is 42.3 Å². The van der Waals surface area contributed by atoms with E-state index in [0.29, 0.717) is 5.82 Å². The van der Waals surface area contributed by atoms with Crippen LogP contribution in [0, 0.1) is 0 Å². The van der Waals surface area contributed by atoms with Crippen molar-refractivity contribution >= 4 is 31.5 Å². The van der Waals surface area contributed by atoms with Gasteiger partial charge in [0.25, 0.3) is 0 Å². The molecule has 9 aromatic carbocycles. The zero-order valence-electron chi connectivity index (χ0n) is 35.6. The summed E-state index contributed by atoms with van der Waals surface area (Å²) in [5, 5.41) is 2.58. The molecular weight excluding hydrogens is 793 g/mol. The van der Waals surface area contributed by atoms with Gasteiger partial charge in [-0.3, -0.25) is 0 Å². The minimum Gasteiger partial charge on any atom is -0.228 e. The van der Waals surface area contributed by atoms with E-state index < -0.39 is 0 Å². The first kappa shape index (κ1) is 38.0. The molecule has 64 heavy (non-hydrogen) atoms. The van der Waals surface area contributed by atoms with Gasteiger partial charge in [-0.25, -0.2) is 9.97 Å². The third-order valence-electron chi connectivity index (χ3n) is 13.1. The molecule has 3 heteroatoms. The molecule has 0 amide bonds. The van der Waals surface area contributed by atoms with Crippen LogP contribution < -0.4 is 0 Å². The summed E-state index contributed by atoms with van der Waals surface area (Å²) in [7, 11) is 0. The third kappa shape index (κ3) is 6.56. The lowest BCUT2D eigenvalue weighted by molar-refractivity contribution is 0.660. The van der Waals surface area contributed by atoms with Gasteiger partial charge in [0.15, 0.2) is 5.82 Å². The van der Waals surface area contributed by atoms with Gasteiger partial charge >= 0.3 is 0 Å². The van der Waals surface area contributed by atoms with Gasteiger partial charge in [-0.2, -0.15) is 0 Å². The standard InChI is InChI=1S/C61H42N2S/c1-61(2)54-22-11-9-18-50(54)51-33-32-45(37-55(51)61)41-28-30-43(31-29-41)56-38-57(63-60(62-56)44-16-7-4-8-17-44)48-35-46(42-26-24-40(25-27-42)39-14-5-3-6-15-39)34-47(36-48)49-20-13-21-53-52-19-10-12-23-58(52)64-59(49)53/h3-38H,1-2H3. The molecule has 0 unspecified atom stereocenters. The SMILES string of the molecule is CC1(C)c2ccccc2-c2ccc(-c3ccc(-c4cc(-c5cc(-c6ccc(-c7ccccc7)cc6)cc(-c6cccc7c6sc6ccccc67)c5)nc(-c5ccccc5)n4)cc3)cc21. The summed E-state index contributed by atoms with van der Waals surface area (Å²) in [6, 6.07) is 79.1. The molecular formula is C61H42N2S. The van der Waals surface area contributed by atoms with E-state index in [9.17, 15) is 0 Å². The molecule has 0 radical (unpaired) electrons. The Morgan fingerprint density at radius 1 is 0.328 bits per heavy atom. The van der Waals surface area contributed by atoms with E-state index in [1.165, 1.54) is 70.2 Å². The summed E-state index contributed by atoms with van der Waals surface area (Å²) in [6.07, 6.45) is 0. The first-order chi connectivity index (χ1) is 31.4. The topological polar surface area (TPSA) is 25.8 Å². The average molecular weight is 835 g/mol. The first-order valence-electron chi connectivity index (χ1n) is 22.0. The van der Waals surface area contributed by atoms with Crippen LogP contribution in [0.3, 0.4) is 0 Å². The van der Waals surface area contributed by atoms with Crippen molar-refractivity contribution in [2.24, 2.45) is 0 Å². The number of rotatable bonds is 7. The lowest BCUT2D eigenvalue weighted by Crippen LogP contribution is -2.14. The monoisotopic (exact) mass is 834 g/mol. The number of aromatic nitrogens is 2. The van der Waals surface area contributed by atoms with Crippen LogP contribution in [-0.2, 0) is 5.41 Å². The van der Waals surface area contributed by atoms with Crippen molar-refractivity contribution in [1.29, 1.82) is 0 Å². The van der Waals surface area contributed by atoms with Gasteiger partial charge in [0.05, 0.1) is 11.4 Å². The molecule has 0 saturated carbocycles. The highest BCUT2D eigenvalue weighted by atomic mass is 32.1. The maximum Gasteiger partial charge on any atom is 0.160 e. The number of nitrogens with zero attached hydrogens (tertiary/aromatic N) is 2. The molecule has 0 aliphatic heterocycles. The molecule has 0 N–H and O–H groups in total. The lowest BCUT2D eigenvalue weighted by atomic mass is 9.81. The van der Waals surface area contributed by atoms with Gasteiger partial charge in [-0.15, -0.1) is 11.3 Å². The Balaban J connectivity index is 0.991. The van der Waals surface area contributed by atoms with Gasteiger partial charge in [-0.1, -0.05) is 196 Å². The minimum absolute atomic E-state index is 0.0553. The fraction of sp³-hybridized carbons (Fsp3) is 0.0492. The van der Waals surface area contributed by atoms with Crippen LogP contribution in [-0.4, -0.2) is 9.97 Å². The second-order valence-electron chi connectivity index (χ2n) is 17.4. The van der Waals surface area contributed by atoms with E-state index in [2.05, 4.69) is 226 Å². The molecule has 2 heterocycles. The van der Waals surface area contributed by atoms with Gasteiger partial charge in [0.1, 0.15) is 0 Å². The summed E-state index contributed by atoms with van der Waals surface area (Å²) in [5.41, 5.74) is 19.7. The number of hydrogen-bond acceptors (Lipinski definition) is 3. The Morgan fingerprint density at radius 3 is 1.61 bits per heavy atom. The van der Waals surface area contributed by atoms with Gasteiger partial charge < -0.3 is 0 Å². The molecule has 11 aromatic rings. The fourth-order valence-corrected chi connectivity index (χ4v) is 11.0. The predicted molar refractivity (Wildman–Crippen MR) is 271 cm³/mol. The van der Waals surface area contributed by atoms with E-state index in [4.69, 9.17) is 9.97 Å². The van der Waals surface area contributed by atoms with Crippen LogP contribution in [0.2, 0.25) is 0 Å². The molecule has 2 nitrogen and oxygen atoms in total. The summed E-state index contributed by atoms with van der Waals surface area (Å²) < 4.78 is 2.58. The Labute approximate surface area is 377 Å². The molecule has 1 aliphatic rings. The first-order valence-corrected chi connectivity index (χ1v) is 22.8. The van der Waals surface area contributed by atoms with Crippen molar-refractivity contribution in [2.45, 2.75) is 19.3 Å². The van der Waals surface area contributed by atoms with Crippen molar-refractivity contribution in [3.63, 3.8) is 0 Å². The maximum atomic E-state index is 5.34. The highest BCUT2D eigenvalue weighted by molar-refractivity contribution is 7.26. The minimum atomic E-state index is -0.0553. The van der Waals surface area contributed by atoms with Crippen LogP contribution in [0.25, 0.3) is 110 Å². The molecule has 0 atom stereocenters. The van der Waals surface area contributed by atoms with Gasteiger partial charge in [0.2, 0.25) is 0 Å². The van der Waals surface area contributed by atoms with Crippen molar-refractivity contribution < 1.29 is 0 Å². The normalized spacial score (nSPS) is 12.7. The summed E-state index contributed by atoms with van der Waals surface area (Å²) in [5.74, 6) is 0.698. The van der Waals surface area contributed by atoms with E-state index >= 15 is 0 Å². The van der Waals surface area contributed by atoms with E-state index in [-0.39, 0.29) is 5.41 Å². The predicted octanol–water partition coefficient (Wildman–Crippen LogP) is 16.8. The van der Waals surface area contributed by atoms with Crippen molar-refractivity contribution in [3.05, 3.63) is 230 Å². The fourth-order valence-electron chi connectivity index (χ4n) is 9.73. The molecule has 0 spiro atoms. The van der Waals surface area contributed by atoms with Gasteiger partial charge in [-0.05, 0) is 103 Å². The number of fused-ring (bicyclic) bond motifs is 6. The van der Waals surface area contributed by atoms with E-state index in [0.717, 1.165) is 44.8 Å². The second-order valence-corrected chi connectivity index (χ2v) is 18.4. The molecule has 0 saturated heterocycles. The Kier molecular flexibility index (Phi) is 9.06. The molecule has 2 aromatic heterocycles. The molecule has 1 aliphatic carbocycles. The largest absolute Gasteiger partial charge is 0.228 e. The molecule has 0 bridgehead atoms. The van der Waals surface area contributed by atoms with E-state index in [1.54, 1.807) is 0 Å². The zero-order chi connectivity index (χ0) is 42.8. The number of thiophene rings is 1. The maximum absolute atomic E-state index is 5.34. The van der Waals surface area contributed by atoms with Crippen molar-refractivity contribution in [2.75, 3.05) is 0 Å². The highest BCUT2D eigenvalue weighted by Crippen LogP contribution is 2.50. The van der Waals surface area contributed by atoms with Crippen molar-refractivity contribution in [3.8, 4) is 89.5 Å². The average Bonchev–Trinajstić information content (AvgIpc) is 3.86. The zero-order valence-corrected chi connectivity index (χ0v) is 36.4. The Bertz CT molecular complexity index is 3550. The second kappa shape index (κ2) is 15.3. The van der Waals surface area contributed by atoms with E-state index in [1.807, 2.05) is 17.4 Å². The summed E-state index contributed by atoms with van der Waals surface area (Å²) in [6.45, 7) is 4.68.